The van der Waals surface area contributed by atoms with E-state index in [1.54, 1.807) is 0 Å². The van der Waals surface area contributed by atoms with Crippen LogP contribution in [0.3, 0.4) is 0 Å². The van der Waals surface area contributed by atoms with E-state index in [0.29, 0.717) is 0 Å². The number of rotatable bonds is 2. The van der Waals surface area contributed by atoms with Gasteiger partial charge in [-0.05, 0) is 12.1 Å². The van der Waals surface area contributed by atoms with Crippen LogP contribution in [0.15, 0.2) is 12.1 Å². The Bertz CT molecular complexity index is 281. The van der Waals surface area contributed by atoms with Gasteiger partial charge in [0, 0.05) is 0 Å². The van der Waals surface area contributed by atoms with Crippen molar-refractivity contribution in [2.45, 2.75) is 6.61 Å². The predicted molar refractivity (Wildman–Crippen MR) is 35.8 cm³/mol. The van der Waals surface area contributed by atoms with Gasteiger partial charge >= 0.3 is 6.61 Å². The molecule has 0 radical (unpaired) electrons. The maximum absolute atomic E-state index is 12.6. The molecule has 66 valence electrons. The molecule has 0 saturated heterocycles. The first-order valence-corrected chi connectivity index (χ1v) is 3.24. The van der Waals surface area contributed by atoms with Crippen LogP contribution in [0.4, 0.5) is 13.2 Å². The minimum Gasteiger partial charge on any atom is -0.414 e. The van der Waals surface area contributed by atoms with Crippen LogP contribution in [-0.2, 0) is 0 Å². The van der Waals surface area contributed by atoms with Gasteiger partial charge in [0.1, 0.15) is 5.15 Å². The summed E-state index contributed by atoms with van der Waals surface area (Å²) >= 11 is 5.30. The summed E-state index contributed by atoms with van der Waals surface area (Å²) in [4.78, 5) is 3.20. The molecule has 0 fully saturated rings. The first-order chi connectivity index (χ1) is 5.59. The maximum Gasteiger partial charge on any atom is 0.388 e. The van der Waals surface area contributed by atoms with Crippen molar-refractivity contribution < 1.29 is 17.9 Å². The van der Waals surface area contributed by atoms with Crippen LogP contribution in [0.5, 0.6) is 5.88 Å². The molecule has 1 rings (SSSR count). The smallest absolute Gasteiger partial charge is 0.388 e. The number of aromatic nitrogens is 1. The van der Waals surface area contributed by atoms with Crippen LogP contribution in [-0.4, -0.2) is 11.6 Å². The highest BCUT2D eigenvalue weighted by Gasteiger charge is 2.11. The first-order valence-electron chi connectivity index (χ1n) is 2.86. The third-order valence-corrected chi connectivity index (χ3v) is 1.19. The number of halogens is 4. The van der Waals surface area contributed by atoms with Crippen molar-refractivity contribution in [2.24, 2.45) is 0 Å². The predicted octanol–water partition coefficient (Wildman–Crippen LogP) is 2.48. The first kappa shape index (κ1) is 9.12. The summed E-state index contributed by atoms with van der Waals surface area (Å²) in [7, 11) is 0. The van der Waals surface area contributed by atoms with Gasteiger partial charge in [-0.1, -0.05) is 11.6 Å². The molecule has 6 heteroatoms. The number of nitrogens with zero attached hydrogens (tertiary/aromatic N) is 1. The second-order valence-electron chi connectivity index (χ2n) is 1.80. The summed E-state index contributed by atoms with van der Waals surface area (Å²) in [5, 5.41) is -0.105. The molecule has 0 unspecified atom stereocenters. The highest BCUT2D eigenvalue weighted by molar-refractivity contribution is 6.29. The molecule has 0 aliphatic rings. The Balaban J connectivity index is 2.90. The van der Waals surface area contributed by atoms with Crippen LogP contribution >= 0.6 is 11.6 Å². The zero-order valence-electron chi connectivity index (χ0n) is 5.60. The normalized spacial score (nSPS) is 10.4. The van der Waals surface area contributed by atoms with Gasteiger partial charge in [-0.3, -0.25) is 0 Å². The van der Waals surface area contributed by atoms with E-state index in [1.807, 2.05) is 0 Å². The molecular weight excluding hydrogens is 195 g/mol. The summed E-state index contributed by atoms with van der Waals surface area (Å²) in [5.41, 5.74) is 0. The maximum atomic E-state index is 12.6. The topological polar surface area (TPSA) is 22.1 Å². The highest BCUT2D eigenvalue weighted by atomic mass is 35.5. The standard InChI is InChI=1S/C6H3ClF3NO/c7-4-2-1-3(8)5(11-4)12-6(9)10/h1-2,6H. The fourth-order valence-corrected chi connectivity index (χ4v) is 0.708. The van der Waals surface area contributed by atoms with Gasteiger partial charge in [0.05, 0.1) is 0 Å². The Kier molecular flexibility index (Phi) is 2.75. The molecular formula is C6H3ClF3NO. The number of hydrogen-bond donors (Lipinski definition) is 0. The lowest BCUT2D eigenvalue weighted by Crippen LogP contribution is -2.05. The number of ether oxygens (including phenoxy) is 1. The van der Waals surface area contributed by atoms with Crippen molar-refractivity contribution in [1.29, 1.82) is 0 Å². The van der Waals surface area contributed by atoms with E-state index < -0.39 is 18.3 Å². The van der Waals surface area contributed by atoms with Crippen molar-refractivity contribution in [3.05, 3.63) is 23.1 Å². The Labute approximate surface area is 70.9 Å². The average molecular weight is 198 g/mol. The number of hydrogen-bond acceptors (Lipinski definition) is 2. The Morgan fingerprint density at radius 1 is 1.42 bits per heavy atom. The lowest BCUT2D eigenvalue weighted by molar-refractivity contribution is -0.0553. The number of pyridine rings is 1. The van der Waals surface area contributed by atoms with Crippen LogP contribution in [0.25, 0.3) is 0 Å². The molecule has 0 aromatic carbocycles. The van der Waals surface area contributed by atoms with Crippen molar-refractivity contribution in [3.8, 4) is 5.88 Å². The molecule has 0 aliphatic carbocycles. The van der Waals surface area contributed by atoms with E-state index in [2.05, 4.69) is 9.72 Å². The minimum atomic E-state index is -3.11. The molecule has 0 aliphatic heterocycles. The minimum absolute atomic E-state index is 0.105. The third-order valence-electron chi connectivity index (χ3n) is 0.981. The fraction of sp³-hybridized carbons (Fsp3) is 0.167. The molecule has 12 heavy (non-hydrogen) atoms. The van der Waals surface area contributed by atoms with Gasteiger partial charge in [-0.2, -0.15) is 13.8 Å². The zero-order valence-corrected chi connectivity index (χ0v) is 6.36. The van der Waals surface area contributed by atoms with Gasteiger partial charge in [-0.25, -0.2) is 4.39 Å². The van der Waals surface area contributed by atoms with Crippen LogP contribution < -0.4 is 4.74 Å². The van der Waals surface area contributed by atoms with Gasteiger partial charge in [0.25, 0.3) is 5.88 Å². The lowest BCUT2D eigenvalue weighted by Gasteiger charge is -2.03. The van der Waals surface area contributed by atoms with Gasteiger partial charge in [0.2, 0.25) is 0 Å². The van der Waals surface area contributed by atoms with Gasteiger partial charge < -0.3 is 4.74 Å². The summed E-state index contributed by atoms with van der Waals surface area (Å²) < 4.78 is 39.4. The summed E-state index contributed by atoms with van der Waals surface area (Å²) in [5.74, 6) is -1.77. The van der Waals surface area contributed by atoms with Crippen LogP contribution in [0, 0.1) is 5.82 Å². The molecule has 0 bridgehead atoms. The SMILES string of the molecule is Fc1ccc(Cl)nc1OC(F)F. The Morgan fingerprint density at radius 2 is 2.08 bits per heavy atom. The van der Waals surface area contributed by atoms with Crippen molar-refractivity contribution in [3.63, 3.8) is 0 Å². The monoisotopic (exact) mass is 197 g/mol. The molecule has 0 atom stereocenters. The average Bonchev–Trinajstić information content (AvgIpc) is 1.96. The summed E-state index contributed by atoms with van der Waals surface area (Å²) in [6, 6.07) is 2.03. The molecule has 0 spiro atoms. The Morgan fingerprint density at radius 3 is 2.67 bits per heavy atom. The second-order valence-corrected chi connectivity index (χ2v) is 2.19. The van der Waals surface area contributed by atoms with E-state index in [9.17, 15) is 13.2 Å². The highest BCUT2D eigenvalue weighted by Crippen LogP contribution is 2.18. The van der Waals surface area contributed by atoms with E-state index in [-0.39, 0.29) is 5.15 Å². The van der Waals surface area contributed by atoms with E-state index in [0.717, 1.165) is 12.1 Å². The van der Waals surface area contributed by atoms with E-state index in [4.69, 9.17) is 11.6 Å². The van der Waals surface area contributed by atoms with Crippen molar-refractivity contribution in [2.75, 3.05) is 0 Å². The molecule has 1 aromatic heterocycles. The second kappa shape index (κ2) is 3.62. The van der Waals surface area contributed by atoms with Crippen LogP contribution in [0.1, 0.15) is 0 Å². The van der Waals surface area contributed by atoms with Gasteiger partial charge in [-0.15, -0.1) is 0 Å². The van der Waals surface area contributed by atoms with Crippen LogP contribution in [0.2, 0.25) is 5.15 Å². The zero-order chi connectivity index (χ0) is 9.14. The van der Waals surface area contributed by atoms with Crippen molar-refractivity contribution >= 4 is 11.6 Å². The molecule has 0 amide bonds. The quantitative estimate of drug-likeness (QED) is 0.680. The molecule has 0 N–H and O–H groups in total. The van der Waals surface area contributed by atoms with Crippen molar-refractivity contribution in [1.82, 2.24) is 4.98 Å². The Hall–Kier alpha value is -0.970. The third kappa shape index (κ3) is 2.27. The number of alkyl halides is 2. The molecule has 1 heterocycles. The van der Waals surface area contributed by atoms with Gasteiger partial charge in [0.15, 0.2) is 5.82 Å². The summed E-state index contributed by atoms with van der Waals surface area (Å²) in [6.07, 6.45) is 0. The summed E-state index contributed by atoms with van der Waals surface area (Å²) in [6.45, 7) is -3.11. The molecule has 2 nitrogen and oxygen atoms in total. The fourth-order valence-electron chi connectivity index (χ4n) is 0.568. The van der Waals surface area contributed by atoms with E-state index in [1.165, 1.54) is 0 Å². The molecule has 1 aromatic rings. The van der Waals surface area contributed by atoms with E-state index >= 15 is 0 Å². The molecule has 0 saturated carbocycles. The lowest BCUT2D eigenvalue weighted by atomic mass is 10.5. The largest absolute Gasteiger partial charge is 0.414 e.